The molecule has 16 heavy (non-hydrogen) atoms. The molecule has 88 valence electrons. The summed E-state index contributed by atoms with van der Waals surface area (Å²) in [6.45, 7) is 3.98. The van der Waals surface area contributed by atoms with Crippen LogP contribution in [0.4, 0.5) is 11.4 Å². The first-order valence-corrected chi connectivity index (χ1v) is 5.22. The van der Waals surface area contributed by atoms with Crippen molar-refractivity contribution in [3.8, 4) is 0 Å². The van der Waals surface area contributed by atoms with Crippen molar-refractivity contribution < 1.29 is 10.0 Å². The van der Waals surface area contributed by atoms with Crippen LogP contribution < -0.4 is 5.32 Å². The second kappa shape index (κ2) is 5.46. The number of benzene rings is 1. The zero-order chi connectivity index (χ0) is 12.1. The Morgan fingerprint density at radius 3 is 2.81 bits per heavy atom. The minimum Gasteiger partial charge on any atom is -0.391 e. The molecule has 0 fully saturated rings. The lowest BCUT2D eigenvalue weighted by Crippen LogP contribution is -2.19. The van der Waals surface area contributed by atoms with Gasteiger partial charge in [-0.1, -0.05) is 19.1 Å². The van der Waals surface area contributed by atoms with Crippen LogP contribution >= 0.6 is 0 Å². The highest BCUT2D eigenvalue weighted by Gasteiger charge is 2.15. The van der Waals surface area contributed by atoms with E-state index in [4.69, 9.17) is 0 Å². The Kier molecular flexibility index (Phi) is 4.25. The van der Waals surface area contributed by atoms with E-state index in [1.54, 1.807) is 19.1 Å². The number of nitrogens with one attached hydrogen (secondary N) is 1. The largest absolute Gasteiger partial charge is 0.391 e. The number of para-hydroxylation sites is 1. The SMILES string of the molecule is CCC(O)CNc1c(C)cccc1[N+](=O)[O-]. The van der Waals surface area contributed by atoms with Crippen LogP contribution in [0.5, 0.6) is 0 Å². The van der Waals surface area contributed by atoms with Crippen LogP contribution in [-0.2, 0) is 0 Å². The monoisotopic (exact) mass is 224 g/mol. The molecule has 1 aromatic rings. The molecule has 0 saturated heterocycles. The summed E-state index contributed by atoms with van der Waals surface area (Å²) in [7, 11) is 0. The second-order valence-electron chi connectivity index (χ2n) is 3.67. The number of nitrogens with zero attached hydrogens (tertiary/aromatic N) is 1. The summed E-state index contributed by atoms with van der Waals surface area (Å²) < 4.78 is 0. The lowest BCUT2D eigenvalue weighted by atomic mass is 10.1. The van der Waals surface area contributed by atoms with Crippen LogP contribution in [0.2, 0.25) is 0 Å². The molecule has 0 heterocycles. The molecule has 0 saturated carbocycles. The molecule has 1 aromatic carbocycles. The fourth-order valence-corrected chi connectivity index (χ4v) is 1.40. The van der Waals surface area contributed by atoms with Gasteiger partial charge in [-0.2, -0.15) is 0 Å². The van der Waals surface area contributed by atoms with Gasteiger partial charge in [0.15, 0.2) is 0 Å². The highest BCUT2D eigenvalue weighted by Crippen LogP contribution is 2.27. The average molecular weight is 224 g/mol. The predicted octanol–water partition coefficient (Wildman–Crippen LogP) is 2.09. The van der Waals surface area contributed by atoms with Crippen molar-refractivity contribution in [2.75, 3.05) is 11.9 Å². The predicted molar refractivity (Wildman–Crippen MR) is 62.6 cm³/mol. The third-order valence-electron chi connectivity index (χ3n) is 2.43. The van der Waals surface area contributed by atoms with E-state index in [1.165, 1.54) is 6.07 Å². The Morgan fingerprint density at radius 1 is 1.56 bits per heavy atom. The summed E-state index contributed by atoms with van der Waals surface area (Å²) in [5.74, 6) is 0. The minimum atomic E-state index is -0.487. The van der Waals surface area contributed by atoms with Crippen LogP contribution in [0.25, 0.3) is 0 Å². The molecule has 0 spiro atoms. The van der Waals surface area contributed by atoms with Gasteiger partial charge >= 0.3 is 0 Å². The molecule has 5 heteroatoms. The Morgan fingerprint density at radius 2 is 2.25 bits per heavy atom. The second-order valence-corrected chi connectivity index (χ2v) is 3.67. The number of aryl methyl sites for hydroxylation is 1. The molecule has 0 aromatic heterocycles. The lowest BCUT2D eigenvalue weighted by molar-refractivity contribution is -0.384. The number of nitro benzene ring substituents is 1. The molecule has 0 aliphatic carbocycles. The van der Waals surface area contributed by atoms with Crippen LogP contribution in [0.1, 0.15) is 18.9 Å². The molecule has 0 bridgehead atoms. The number of aliphatic hydroxyl groups excluding tert-OH is 1. The summed E-state index contributed by atoms with van der Waals surface area (Å²) >= 11 is 0. The molecule has 0 radical (unpaired) electrons. The zero-order valence-corrected chi connectivity index (χ0v) is 9.43. The van der Waals surface area contributed by atoms with Gasteiger partial charge < -0.3 is 10.4 Å². The van der Waals surface area contributed by atoms with Crippen molar-refractivity contribution >= 4 is 11.4 Å². The van der Waals surface area contributed by atoms with Gasteiger partial charge in [-0.3, -0.25) is 10.1 Å². The molecule has 0 aliphatic rings. The first kappa shape index (κ1) is 12.4. The Labute approximate surface area is 94.3 Å². The molecular weight excluding hydrogens is 208 g/mol. The summed E-state index contributed by atoms with van der Waals surface area (Å²) in [6.07, 6.45) is 0.131. The smallest absolute Gasteiger partial charge is 0.292 e. The van der Waals surface area contributed by atoms with Crippen molar-refractivity contribution in [3.63, 3.8) is 0 Å². The number of hydrogen-bond donors (Lipinski definition) is 2. The van der Waals surface area contributed by atoms with Crippen LogP contribution in [0, 0.1) is 17.0 Å². The molecular formula is C11H16N2O3. The molecule has 1 atom stereocenters. The Balaban J connectivity index is 2.88. The van der Waals surface area contributed by atoms with Crippen molar-refractivity contribution in [2.45, 2.75) is 26.4 Å². The van der Waals surface area contributed by atoms with Crippen LogP contribution in [0.3, 0.4) is 0 Å². The van der Waals surface area contributed by atoms with Crippen LogP contribution in [-0.4, -0.2) is 22.7 Å². The van der Waals surface area contributed by atoms with E-state index in [-0.39, 0.29) is 5.69 Å². The van der Waals surface area contributed by atoms with Crippen molar-refractivity contribution in [1.29, 1.82) is 0 Å². The van der Waals surface area contributed by atoms with Gasteiger partial charge in [-0.25, -0.2) is 0 Å². The molecule has 1 rings (SSSR count). The fourth-order valence-electron chi connectivity index (χ4n) is 1.40. The Hall–Kier alpha value is -1.62. The van der Waals surface area contributed by atoms with Gasteiger partial charge in [0, 0.05) is 12.6 Å². The van der Waals surface area contributed by atoms with Gasteiger partial charge in [0.1, 0.15) is 5.69 Å². The maximum Gasteiger partial charge on any atom is 0.292 e. The quantitative estimate of drug-likeness (QED) is 0.593. The average Bonchev–Trinajstić information content (AvgIpc) is 2.26. The molecule has 0 amide bonds. The standard InChI is InChI=1S/C11H16N2O3/c1-3-9(14)7-12-11-8(2)5-4-6-10(11)13(15)16/h4-6,9,12,14H,3,7H2,1-2H3. The van der Waals surface area contributed by atoms with E-state index in [0.29, 0.717) is 18.7 Å². The molecule has 5 nitrogen and oxygen atoms in total. The van der Waals surface area contributed by atoms with Crippen LogP contribution in [0.15, 0.2) is 18.2 Å². The highest BCUT2D eigenvalue weighted by atomic mass is 16.6. The third-order valence-corrected chi connectivity index (χ3v) is 2.43. The number of aliphatic hydroxyl groups is 1. The molecule has 2 N–H and O–H groups in total. The first-order valence-electron chi connectivity index (χ1n) is 5.22. The first-order chi connectivity index (χ1) is 7.56. The van der Waals surface area contributed by atoms with Gasteiger partial charge in [0.05, 0.1) is 11.0 Å². The number of nitro groups is 1. The van der Waals surface area contributed by atoms with Crippen molar-refractivity contribution in [2.24, 2.45) is 0 Å². The topological polar surface area (TPSA) is 75.4 Å². The van der Waals surface area contributed by atoms with E-state index in [2.05, 4.69) is 5.32 Å². The Bertz CT molecular complexity index is 379. The van der Waals surface area contributed by atoms with Gasteiger partial charge in [0.25, 0.3) is 5.69 Å². The summed E-state index contributed by atoms with van der Waals surface area (Å²) in [5, 5.41) is 23.1. The van der Waals surface area contributed by atoms with Gasteiger partial charge in [-0.15, -0.1) is 0 Å². The van der Waals surface area contributed by atoms with Gasteiger partial charge in [-0.05, 0) is 18.9 Å². The third kappa shape index (κ3) is 2.93. The molecule has 1 unspecified atom stereocenters. The van der Waals surface area contributed by atoms with Crippen molar-refractivity contribution in [1.82, 2.24) is 0 Å². The van der Waals surface area contributed by atoms with Crippen molar-refractivity contribution in [3.05, 3.63) is 33.9 Å². The number of hydrogen-bond acceptors (Lipinski definition) is 4. The van der Waals surface area contributed by atoms with E-state index < -0.39 is 11.0 Å². The molecule has 0 aliphatic heterocycles. The van der Waals surface area contributed by atoms with E-state index in [0.717, 1.165) is 5.56 Å². The highest BCUT2D eigenvalue weighted by molar-refractivity contribution is 5.65. The summed E-state index contributed by atoms with van der Waals surface area (Å²) in [5.41, 5.74) is 1.33. The van der Waals surface area contributed by atoms with E-state index in [9.17, 15) is 15.2 Å². The summed E-state index contributed by atoms with van der Waals surface area (Å²) in [6, 6.07) is 4.90. The normalized spacial score (nSPS) is 12.2. The maximum absolute atomic E-state index is 10.8. The van der Waals surface area contributed by atoms with E-state index >= 15 is 0 Å². The maximum atomic E-state index is 10.8. The summed E-state index contributed by atoms with van der Waals surface area (Å²) in [4.78, 5) is 10.4. The number of rotatable bonds is 5. The number of anilines is 1. The lowest BCUT2D eigenvalue weighted by Gasteiger charge is -2.12. The minimum absolute atomic E-state index is 0.0447. The van der Waals surface area contributed by atoms with E-state index in [1.807, 2.05) is 6.92 Å². The fraction of sp³-hybridized carbons (Fsp3) is 0.455. The van der Waals surface area contributed by atoms with Gasteiger partial charge in [0.2, 0.25) is 0 Å². The zero-order valence-electron chi connectivity index (χ0n) is 9.43.